The van der Waals surface area contributed by atoms with E-state index in [4.69, 9.17) is 19.5 Å². The van der Waals surface area contributed by atoms with E-state index < -0.39 is 5.82 Å². The molecule has 8 heteroatoms. The highest BCUT2D eigenvalue weighted by Crippen LogP contribution is 2.40. The van der Waals surface area contributed by atoms with Crippen LogP contribution in [0.3, 0.4) is 0 Å². The third kappa shape index (κ3) is 3.78. The number of benzene rings is 2. The van der Waals surface area contributed by atoms with Gasteiger partial charge < -0.3 is 19.5 Å². The second-order valence-electron chi connectivity index (χ2n) is 5.61. The number of hydrogen-bond acceptors (Lipinski definition) is 7. The molecule has 0 aliphatic heterocycles. The highest BCUT2D eigenvalue weighted by molar-refractivity contribution is 5.67. The standard InChI is InChI=1S/C20H17FN4O3/c1-26-17-9-14(10-18(27-2)19(17)28-3)24-20-23-7-6-16(25-20)12-4-5-15(21)13(8-12)11-22/h4-10H,1-3H3,(H,23,24,25). The van der Waals surface area contributed by atoms with E-state index in [1.54, 1.807) is 30.5 Å². The van der Waals surface area contributed by atoms with Crippen LogP contribution in [0.25, 0.3) is 11.3 Å². The van der Waals surface area contributed by atoms with Crippen molar-refractivity contribution in [1.82, 2.24) is 9.97 Å². The summed E-state index contributed by atoms with van der Waals surface area (Å²) in [7, 11) is 4.58. The highest BCUT2D eigenvalue weighted by Gasteiger charge is 2.14. The van der Waals surface area contributed by atoms with Gasteiger partial charge in [0, 0.05) is 29.6 Å². The lowest BCUT2D eigenvalue weighted by Gasteiger charge is -2.14. The summed E-state index contributed by atoms with van der Waals surface area (Å²) < 4.78 is 29.5. The summed E-state index contributed by atoms with van der Waals surface area (Å²) in [6, 6.07) is 11.2. The minimum Gasteiger partial charge on any atom is -0.493 e. The lowest BCUT2D eigenvalue weighted by Crippen LogP contribution is -2.01. The molecule has 1 heterocycles. The molecule has 142 valence electrons. The Balaban J connectivity index is 1.95. The van der Waals surface area contributed by atoms with Crippen molar-refractivity contribution in [3.63, 3.8) is 0 Å². The van der Waals surface area contributed by atoms with Gasteiger partial charge in [-0.2, -0.15) is 5.26 Å². The Kier molecular flexibility index (Phi) is 5.56. The van der Waals surface area contributed by atoms with E-state index >= 15 is 0 Å². The Morgan fingerprint density at radius 1 is 1.00 bits per heavy atom. The highest BCUT2D eigenvalue weighted by atomic mass is 19.1. The molecule has 0 unspecified atom stereocenters. The zero-order valence-corrected chi connectivity index (χ0v) is 15.5. The van der Waals surface area contributed by atoms with E-state index in [1.165, 1.54) is 33.5 Å². The topological polar surface area (TPSA) is 89.3 Å². The minimum atomic E-state index is -0.573. The van der Waals surface area contributed by atoms with Crippen molar-refractivity contribution in [2.75, 3.05) is 26.6 Å². The largest absolute Gasteiger partial charge is 0.493 e. The van der Waals surface area contributed by atoms with Gasteiger partial charge in [-0.15, -0.1) is 0 Å². The number of aromatic nitrogens is 2. The Hall–Kier alpha value is -3.86. The van der Waals surface area contributed by atoms with Crippen LogP contribution in [0.2, 0.25) is 0 Å². The average molecular weight is 380 g/mol. The number of anilines is 2. The normalized spacial score (nSPS) is 10.1. The number of nitrogens with one attached hydrogen (secondary N) is 1. The molecule has 0 atom stereocenters. The maximum atomic E-state index is 13.6. The van der Waals surface area contributed by atoms with E-state index in [0.717, 1.165) is 0 Å². The molecule has 0 aliphatic rings. The summed E-state index contributed by atoms with van der Waals surface area (Å²) >= 11 is 0. The second-order valence-corrected chi connectivity index (χ2v) is 5.61. The van der Waals surface area contributed by atoms with Crippen LogP contribution in [0.5, 0.6) is 17.2 Å². The van der Waals surface area contributed by atoms with Gasteiger partial charge in [0.05, 0.1) is 32.6 Å². The second kappa shape index (κ2) is 8.22. The molecular weight excluding hydrogens is 363 g/mol. The zero-order valence-electron chi connectivity index (χ0n) is 15.5. The van der Waals surface area contributed by atoms with Crippen LogP contribution < -0.4 is 19.5 Å². The molecular formula is C20H17FN4O3. The van der Waals surface area contributed by atoms with E-state index in [0.29, 0.717) is 40.1 Å². The van der Waals surface area contributed by atoms with Crippen LogP contribution in [0.1, 0.15) is 5.56 Å². The smallest absolute Gasteiger partial charge is 0.227 e. The van der Waals surface area contributed by atoms with E-state index in [9.17, 15) is 4.39 Å². The van der Waals surface area contributed by atoms with Crippen LogP contribution >= 0.6 is 0 Å². The first-order chi connectivity index (χ1) is 13.6. The molecule has 7 nitrogen and oxygen atoms in total. The quantitative estimate of drug-likeness (QED) is 0.693. The molecule has 28 heavy (non-hydrogen) atoms. The van der Waals surface area contributed by atoms with Crippen LogP contribution in [0.15, 0.2) is 42.6 Å². The fourth-order valence-corrected chi connectivity index (χ4v) is 2.63. The van der Waals surface area contributed by atoms with Gasteiger partial charge in [-0.25, -0.2) is 14.4 Å². The van der Waals surface area contributed by atoms with Crippen LogP contribution in [-0.2, 0) is 0 Å². The molecule has 1 N–H and O–H groups in total. The van der Waals surface area contributed by atoms with E-state index in [1.807, 2.05) is 6.07 Å². The van der Waals surface area contributed by atoms with Crippen molar-refractivity contribution < 1.29 is 18.6 Å². The summed E-state index contributed by atoms with van der Waals surface area (Å²) in [5.74, 6) is 1.18. The SMILES string of the molecule is COc1cc(Nc2nccc(-c3ccc(F)c(C#N)c3)n2)cc(OC)c1OC. The molecule has 3 aromatic rings. The van der Waals surface area contributed by atoms with Crippen molar-refractivity contribution in [1.29, 1.82) is 5.26 Å². The van der Waals surface area contributed by atoms with Crippen LogP contribution in [-0.4, -0.2) is 31.3 Å². The Bertz CT molecular complexity index is 1020. The summed E-state index contributed by atoms with van der Waals surface area (Å²) in [4.78, 5) is 8.63. The molecule has 0 saturated carbocycles. The molecule has 0 spiro atoms. The lowest BCUT2D eigenvalue weighted by atomic mass is 10.1. The molecule has 0 amide bonds. The van der Waals surface area contributed by atoms with E-state index in [2.05, 4.69) is 15.3 Å². The fraction of sp³-hybridized carbons (Fsp3) is 0.150. The van der Waals surface area contributed by atoms with Gasteiger partial charge in [0.25, 0.3) is 0 Å². The Morgan fingerprint density at radius 3 is 2.32 bits per heavy atom. The molecule has 3 rings (SSSR count). The zero-order chi connectivity index (χ0) is 20.1. The van der Waals surface area contributed by atoms with Crippen molar-refractivity contribution in [2.24, 2.45) is 0 Å². The summed E-state index contributed by atoms with van der Waals surface area (Å²) in [5, 5.41) is 12.1. The fourth-order valence-electron chi connectivity index (χ4n) is 2.63. The Labute approximate surface area is 161 Å². The van der Waals surface area contributed by atoms with Crippen molar-refractivity contribution in [2.45, 2.75) is 0 Å². The summed E-state index contributed by atoms with van der Waals surface area (Å²) in [6.45, 7) is 0. The summed E-state index contributed by atoms with van der Waals surface area (Å²) in [5.41, 5.74) is 1.73. The van der Waals surface area contributed by atoms with Crippen molar-refractivity contribution in [3.05, 3.63) is 54.0 Å². The number of nitriles is 1. The number of hydrogen-bond donors (Lipinski definition) is 1. The molecule has 1 aromatic heterocycles. The van der Waals surface area contributed by atoms with Gasteiger partial charge in [0.2, 0.25) is 11.7 Å². The maximum Gasteiger partial charge on any atom is 0.227 e. The predicted molar refractivity (Wildman–Crippen MR) is 102 cm³/mol. The third-order valence-electron chi connectivity index (χ3n) is 3.96. The van der Waals surface area contributed by atoms with Crippen molar-refractivity contribution in [3.8, 4) is 34.6 Å². The van der Waals surface area contributed by atoms with Gasteiger partial charge in [-0.05, 0) is 24.3 Å². The van der Waals surface area contributed by atoms with Gasteiger partial charge in [-0.3, -0.25) is 0 Å². The Morgan fingerprint density at radius 2 is 1.71 bits per heavy atom. The average Bonchev–Trinajstić information content (AvgIpc) is 2.73. The molecule has 0 bridgehead atoms. The molecule has 0 aliphatic carbocycles. The first-order valence-corrected chi connectivity index (χ1v) is 8.19. The van der Waals surface area contributed by atoms with Crippen LogP contribution in [0.4, 0.5) is 16.0 Å². The van der Waals surface area contributed by atoms with Gasteiger partial charge >= 0.3 is 0 Å². The van der Waals surface area contributed by atoms with Crippen molar-refractivity contribution >= 4 is 11.6 Å². The predicted octanol–water partition coefficient (Wildman–Crippen LogP) is 3.92. The van der Waals surface area contributed by atoms with Crippen LogP contribution in [0, 0.1) is 17.1 Å². The number of ether oxygens (including phenoxy) is 3. The van der Waals surface area contributed by atoms with Gasteiger partial charge in [0.15, 0.2) is 11.5 Å². The third-order valence-corrected chi connectivity index (χ3v) is 3.96. The number of nitrogens with zero attached hydrogens (tertiary/aromatic N) is 3. The molecule has 0 saturated heterocycles. The first-order valence-electron chi connectivity index (χ1n) is 8.19. The molecule has 2 aromatic carbocycles. The van der Waals surface area contributed by atoms with Gasteiger partial charge in [0.1, 0.15) is 11.9 Å². The lowest BCUT2D eigenvalue weighted by molar-refractivity contribution is 0.324. The maximum absolute atomic E-state index is 13.6. The number of halogens is 1. The minimum absolute atomic E-state index is 0.0461. The molecule has 0 fully saturated rings. The molecule has 0 radical (unpaired) electrons. The first kappa shape index (κ1) is 18.9. The number of methoxy groups -OCH3 is 3. The number of rotatable bonds is 6. The van der Waals surface area contributed by atoms with E-state index in [-0.39, 0.29) is 5.56 Å². The monoisotopic (exact) mass is 380 g/mol. The summed E-state index contributed by atoms with van der Waals surface area (Å²) in [6.07, 6.45) is 1.57. The van der Waals surface area contributed by atoms with Gasteiger partial charge in [-0.1, -0.05) is 0 Å².